The second-order valence-corrected chi connectivity index (χ2v) is 6.29. The Morgan fingerprint density at radius 3 is 2.52 bits per heavy atom. The van der Waals surface area contributed by atoms with Gasteiger partial charge in [-0.05, 0) is 42.0 Å². The van der Waals surface area contributed by atoms with Crippen LogP contribution in [0.2, 0.25) is 15.1 Å². The molecule has 2 aromatic rings. The summed E-state index contributed by atoms with van der Waals surface area (Å²) >= 11 is 17.8. The molecule has 1 N–H and O–H groups in total. The summed E-state index contributed by atoms with van der Waals surface area (Å²) in [5, 5.41) is 3.89. The SMILES string of the molecule is O=C1OC(C(=O)Nc2ccc(Cl)cc2Cl)Cc2cc(Cl)ccc21. The van der Waals surface area contributed by atoms with E-state index >= 15 is 0 Å². The van der Waals surface area contributed by atoms with E-state index < -0.39 is 18.0 Å². The average Bonchev–Trinajstić information content (AvgIpc) is 2.49. The summed E-state index contributed by atoms with van der Waals surface area (Å²) in [6.45, 7) is 0. The van der Waals surface area contributed by atoms with Gasteiger partial charge >= 0.3 is 5.97 Å². The molecule has 1 heterocycles. The molecule has 0 spiro atoms. The first kappa shape index (κ1) is 16.1. The summed E-state index contributed by atoms with van der Waals surface area (Å²) in [7, 11) is 0. The summed E-state index contributed by atoms with van der Waals surface area (Å²) < 4.78 is 5.19. The fourth-order valence-corrected chi connectivity index (χ4v) is 2.97. The number of rotatable bonds is 2. The maximum Gasteiger partial charge on any atom is 0.339 e. The van der Waals surface area contributed by atoms with Crippen molar-refractivity contribution in [1.29, 1.82) is 0 Å². The molecule has 0 aromatic heterocycles. The summed E-state index contributed by atoms with van der Waals surface area (Å²) in [4.78, 5) is 24.3. The summed E-state index contributed by atoms with van der Waals surface area (Å²) in [6, 6.07) is 9.55. The minimum Gasteiger partial charge on any atom is -0.448 e. The highest BCUT2D eigenvalue weighted by Crippen LogP contribution is 2.28. The van der Waals surface area contributed by atoms with Gasteiger partial charge in [0.1, 0.15) is 0 Å². The molecular formula is C16H10Cl3NO3. The third-order valence-corrected chi connectivity index (χ3v) is 4.21. The fourth-order valence-electron chi connectivity index (χ4n) is 2.31. The van der Waals surface area contributed by atoms with Crippen molar-refractivity contribution in [3.63, 3.8) is 0 Å². The molecule has 3 rings (SSSR count). The number of halogens is 3. The Bertz CT molecular complexity index is 807. The molecule has 0 radical (unpaired) electrons. The van der Waals surface area contributed by atoms with Crippen LogP contribution in [0, 0.1) is 0 Å². The first-order valence-electron chi connectivity index (χ1n) is 6.69. The summed E-state index contributed by atoms with van der Waals surface area (Å²) in [5.74, 6) is -1.02. The molecule has 2 aromatic carbocycles. The highest BCUT2D eigenvalue weighted by Gasteiger charge is 2.31. The monoisotopic (exact) mass is 369 g/mol. The molecular weight excluding hydrogens is 361 g/mol. The number of carbonyl (C=O) groups is 2. The van der Waals surface area contributed by atoms with E-state index in [4.69, 9.17) is 39.5 Å². The van der Waals surface area contributed by atoms with Crippen molar-refractivity contribution in [3.8, 4) is 0 Å². The number of fused-ring (bicyclic) bond motifs is 1. The minimum atomic E-state index is -0.944. The molecule has 118 valence electrons. The van der Waals surface area contributed by atoms with Crippen LogP contribution in [0.15, 0.2) is 36.4 Å². The van der Waals surface area contributed by atoms with Crippen LogP contribution in [0.25, 0.3) is 0 Å². The standard InChI is InChI=1S/C16H10Cl3NO3/c17-9-1-3-11-8(5-9)6-14(23-16(11)22)15(21)20-13-4-2-10(18)7-12(13)19/h1-5,7,14H,6H2,(H,20,21). The first-order chi connectivity index (χ1) is 10.9. The first-order valence-corrected chi connectivity index (χ1v) is 7.83. The lowest BCUT2D eigenvalue weighted by atomic mass is 9.98. The van der Waals surface area contributed by atoms with Gasteiger partial charge in [0.15, 0.2) is 6.10 Å². The van der Waals surface area contributed by atoms with Crippen molar-refractivity contribution < 1.29 is 14.3 Å². The molecule has 7 heteroatoms. The van der Waals surface area contributed by atoms with Crippen LogP contribution in [0.3, 0.4) is 0 Å². The predicted molar refractivity (Wildman–Crippen MR) is 89.5 cm³/mol. The molecule has 1 unspecified atom stereocenters. The van der Waals surface area contributed by atoms with Crippen molar-refractivity contribution in [2.45, 2.75) is 12.5 Å². The highest BCUT2D eigenvalue weighted by atomic mass is 35.5. The third kappa shape index (κ3) is 3.44. The zero-order chi connectivity index (χ0) is 16.6. The van der Waals surface area contributed by atoms with E-state index in [2.05, 4.69) is 5.32 Å². The number of hydrogen-bond donors (Lipinski definition) is 1. The molecule has 23 heavy (non-hydrogen) atoms. The van der Waals surface area contributed by atoms with E-state index in [-0.39, 0.29) is 6.42 Å². The van der Waals surface area contributed by atoms with E-state index in [1.165, 1.54) is 6.07 Å². The van der Waals surface area contributed by atoms with Crippen LogP contribution in [0.4, 0.5) is 5.69 Å². The Morgan fingerprint density at radius 2 is 1.78 bits per heavy atom. The number of anilines is 1. The summed E-state index contributed by atoms with van der Waals surface area (Å²) in [5.41, 5.74) is 1.49. The largest absolute Gasteiger partial charge is 0.448 e. The van der Waals surface area contributed by atoms with E-state index in [1.54, 1.807) is 30.3 Å². The lowest BCUT2D eigenvalue weighted by Crippen LogP contribution is -2.38. The lowest BCUT2D eigenvalue weighted by molar-refractivity contribution is -0.125. The Kier molecular flexibility index (Phi) is 4.48. The number of nitrogens with one attached hydrogen (secondary N) is 1. The fraction of sp³-hybridized carbons (Fsp3) is 0.125. The molecule has 1 atom stereocenters. The molecule has 1 amide bonds. The predicted octanol–water partition coefficient (Wildman–Crippen LogP) is 4.37. The second kappa shape index (κ2) is 6.40. The second-order valence-electron chi connectivity index (χ2n) is 5.01. The van der Waals surface area contributed by atoms with Crippen LogP contribution in [-0.4, -0.2) is 18.0 Å². The molecule has 1 aliphatic rings. The van der Waals surface area contributed by atoms with Crippen molar-refractivity contribution in [1.82, 2.24) is 0 Å². The van der Waals surface area contributed by atoms with Crippen LogP contribution in [-0.2, 0) is 16.0 Å². The molecule has 0 saturated carbocycles. The average molecular weight is 371 g/mol. The normalized spacial score (nSPS) is 16.5. The Balaban J connectivity index is 1.80. The molecule has 1 aliphatic heterocycles. The number of hydrogen-bond acceptors (Lipinski definition) is 3. The Morgan fingerprint density at radius 1 is 1.09 bits per heavy atom. The van der Waals surface area contributed by atoms with E-state index in [0.29, 0.717) is 31.9 Å². The van der Waals surface area contributed by atoms with Gasteiger partial charge in [-0.25, -0.2) is 4.79 Å². The molecule has 0 aliphatic carbocycles. The molecule has 0 fully saturated rings. The van der Waals surface area contributed by atoms with Gasteiger partial charge in [-0.1, -0.05) is 34.8 Å². The van der Waals surface area contributed by atoms with Crippen molar-refractivity contribution in [2.24, 2.45) is 0 Å². The lowest BCUT2D eigenvalue weighted by Gasteiger charge is -2.24. The van der Waals surface area contributed by atoms with Gasteiger partial charge in [-0.2, -0.15) is 0 Å². The Hall–Kier alpha value is -1.75. The number of cyclic esters (lactones) is 1. The van der Waals surface area contributed by atoms with Crippen molar-refractivity contribution >= 4 is 52.4 Å². The Labute approximate surface area is 147 Å². The smallest absolute Gasteiger partial charge is 0.339 e. The van der Waals surface area contributed by atoms with Crippen LogP contribution >= 0.6 is 34.8 Å². The number of ether oxygens (including phenoxy) is 1. The molecule has 0 bridgehead atoms. The quantitative estimate of drug-likeness (QED) is 0.799. The van der Waals surface area contributed by atoms with Crippen molar-refractivity contribution in [2.75, 3.05) is 5.32 Å². The van der Waals surface area contributed by atoms with Gasteiger partial charge in [0.05, 0.1) is 16.3 Å². The number of benzene rings is 2. The van der Waals surface area contributed by atoms with Gasteiger partial charge in [0.2, 0.25) is 0 Å². The zero-order valence-corrected chi connectivity index (χ0v) is 13.9. The summed E-state index contributed by atoms with van der Waals surface area (Å²) in [6.07, 6.45) is -0.696. The van der Waals surface area contributed by atoms with Gasteiger partial charge in [0.25, 0.3) is 5.91 Å². The molecule has 4 nitrogen and oxygen atoms in total. The van der Waals surface area contributed by atoms with Gasteiger partial charge in [0, 0.05) is 16.5 Å². The maximum absolute atomic E-state index is 12.3. The van der Waals surface area contributed by atoms with Crippen LogP contribution in [0.5, 0.6) is 0 Å². The van der Waals surface area contributed by atoms with Crippen LogP contribution in [0.1, 0.15) is 15.9 Å². The van der Waals surface area contributed by atoms with E-state index in [0.717, 1.165) is 0 Å². The number of amides is 1. The van der Waals surface area contributed by atoms with E-state index in [1.807, 2.05) is 0 Å². The van der Waals surface area contributed by atoms with Gasteiger partial charge in [-0.3, -0.25) is 4.79 Å². The zero-order valence-electron chi connectivity index (χ0n) is 11.6. The minimum absolute atomic E-state index is 0.249. The molecule has 0 saturated heterocycles. The van der Waals surface area contributed by atoms with Gasteiger partial charge < -0.3 is 10.1 Å². The van der Waals surface area contributed by atoms with Crippen LogP contribution < -0.4 is 5.32 Å². The maximum atomic E-state index is 12.3. The third-order valence-electron chi connectivity index (χ3n) is 3.42. The number of esters is 1. The number of carbonyl (C=O) groups excluding carboxylic acids is 2. The van der Waals surface area contributed by atoms with Crippen molar-refractivity contribution in [3.05, 3.63) is 62.6 Å². The topological polar surface area (TPSA) is 55.4 Å². The van der Waals surface area contributed by atoms with Gasteiger partial charge in [-0.15, -0.1) is 0 Å². The highest BCUT2D eigenvalue weighted by molar-refractivity contribution is 6.36. The van der Waals surface area contributed by atoms with E-state index in [9.17, 15) is 9.59 Å².